The van der Waals surface area contributed by atoms with Crippen LogP contribution in [0.15, 0.2) is 30.3 Å². The maximum atomic E-state index is 14.1. The molecule has 1 aromatic carbocycles. The van der Waals surface area contributed by atoms with Crippen LogP contribution in [0, 0.1) is 19.7 Å². The maximum absolute atomic E-state index is 14.1. The number of nitrogens with zero attached hydrogens (tertiary/aromatic N) is 1. The predicted octanol–water partition coefficient (Wildman–Crippen LogP) is 4.33. The van der Waals surface area contributed by atoms with Crippen LogP contribution in [0.1, 0.15) is 24.5 Å². The van der Waals surface area contributed by atoms with Crippen LogP contribution in [-0.2, 0) is 0 Å². The van der Waals surface area contributed by atoms with E-state index >= 15 is 0 Å². The highest BCUT2D eigenvalue weighted by atomic mass is 19.1. The first-order chi connectivity index (χ1) is 9.11. The molecule has 0 saturated heterocycles. The van der Waals surface area contributed by atoms with Crippen molar-refractivity contribution in [3.05, 3.63) is 47.3 Å². The number of pyridine rings is 1. The lowest BCUT2D eigenvalue weighted by Gasteiger charge is -2.10. The maximum Gasteiger partial charge on any atom is 0.133 e. The van der Waals surface area contributed by atoms with Crippen LogP contribution >= 0.6 is 0 Å². The number of benzene rings is 1. The molecule has 19 heavy (non-hydrogen) atoms. The molecular formula is C16H19FN2. The summed E-state index contributed by atoms with van der Waals surface area (Å²) in [6.45, 7) is 6.78. The molecule has 0 atom stereocenters. The van der Waals surface area contributed by atoms with Gasteiger partial charge in [0.25, 0.3) is 0 Å². The molecule has 2 nitrogen and oxygen atoms in total. The summed E-state index contributed by atoms with van der Waals surface area (Å²) in [4.78, 5) is 4.48. The highest BCUT2D eigenvalue weighted by Crippen LogP contribution is 2.27. The molecular weight excluding hydrogens is 239 g/mol. The second kappa shape index (κ2) is 5.83. The molecule has 0 aliphatic carbocycles. The highest BCUT2D eigenvalue weighted by Gasteiger charge is 2.11. The molecule has 1 heterocycles. The van der Waals surface area contributed by atoms with Gasteiger partial charge in [0, 0.05) is 12.1 Å². The minimum absolute atomic E-state index is 0.211. The number of rotatable bonds is 4. The fourth-order valence-electron chi connectivity index (χ4n) is 2.17. The molecule has 2 aromatic rings. The van der Waals surface area contributed by atoms with Crippen LogP contribution < -0.4 is 5.32 Å². The van der Waals surface area contributed by atoms with Gasteiger partial charge in [-0.3, -0.25) is 0 Å². The first-order valence-corrected chi connectivity index (χ1v) is 6.60. The summed E-state index contributed by atoms with van der Waals surface area (Å²) in [5.41, 5.74) is 3.11. The lowest BCUT2D eigenvalue weighted by atomic mass is 10.0. The van der Waals surface area contributed by atoms with Crippen molar-refractivity contribution in [3.63, 3.8) is 0 Å². The fourth-order valence-corrected chi connectivity index (χ4v) is 2.17. The summed E-state index contributed by atoms with van der Waals surface area (Å²) in [6, 6.07) is 9.18. The lowest BCUT2D eigenvalue weighted by molar-refractivity contribution is 0.628. The summed E-state index contributed by atoms with van der Waals surface area (Å²) < 4.78 is 14.1. The van der Waals surface area contributed by atoms with Gasteiger partial charge in [-0.25, -0.2) is 9.37 Å². The van der Waals surface area contributed by atoms with Gasteiger partial charge in [-0.05, 0) is 49.6 Å². The van der Waals surface area contributed by atoms with Crippen LogP contribution in [0.3, 0.4) is 0 Å². The van der Waals surface area contributed by atoms with Crippen LogP contribution in [0.25, 0.3) is 11.3 Å². The van der Waals surface area contributed by atoms with Crippen molar-refractivity contribution in [1.82, 2.24) is 4.98 Å². The molecule has 2 rings (SSSR count). The number of nitrogens with one attached hydrogen (secondary N) is 1. The van der Waals surface area contributed by atoms with E-state index in [9.17, 15) is 4.39 Å². The van der Waals surface area contributed by atoms with Gasteiger partial charge in [0.15, 0.2) is 0 Å². The minimum Gasteiger partial charge on any atom is -0.370 e. The Morgan fingerprint density at radius 3 is 2.68 bits per heavy atom. The standard InChI is InChI=1S/C16H19FN2/c1-4-8-18-15-7-5-6-14(19-15)16-12(3)9-11(2)10-13(16)17/h5-7,9-10H,4,8H2,1-3H3,(H,18,19). The molecule has 0 bridgehead atoms. The Kier molecular flexibility index (Phi) is 4.15. The third-order valence-corrected chi connectivity index (χ3v) is 2.99. The van der Waals surface area contributed by atoms with E-state index in [2.05, 4.69) is 17.2 Å². The van der Waals surface area contributed by atoms with Crippen molar-refractivity contribution in [2.24, 2.45) is 0 Å². The van der Waals surface area contributed by atoms with Crippen molar-refractivity contribution in [2.45, 2.75) is 27.2 Å². The molecule has 0 amide bonds. The van der Waals surface area contributed by atoms with E-state index in [1.54, 1.807) is 6.07 Å². The molecule has 0 spiro atoms. The van der Waals surface area contributed by atoms with E-state index in [1.165, 1.54) is 0 Å². The molecule has 1 aromatic heterocycles. The molecule has 0 fully saturated rings. The molecule has 0 radical (unpaired) electrons. The van der Waals surface area contributed by atoms with Gasteiger partial charge in [0.1, 0.15) is 11.6 Å². The average molecular weight is 258 g/mol. The van der Waals surface area contributed by atoms with Gasteiger partial charge >= 0.3 is 0 Å². The molecule has 0 aliphatic rings. The number of hydrogen-bond donors (Lipinski definition) is 1. The van der Waals surface area contributed by atoms with E-state index in [-0.39, 0.29) is 5.82 Å². The Morgan fingerprint density at radius 1 is 1.21 bits per heavy atom. The van der Waals surface area contributed by atoms with E-state index in [0.717, 1.165) is 29.9 Å². The Bertz CT molecular complexity index is 556. The second-order valence-electron chi connectivity index (χ2n) is 4.77. The average Bonchev–Trinajstić information content (AvgIpc) is 2.35. The van der Waals surface area contributed by atoms with Gasteiger partial charge in [-0.15, -0.1) is 0 Å². The number of anilines is 1. The van der Waals surface area contributed by atoms with Crippen molar-refractivity contribution >= 4 is 5.82 Å². The summed E-state index contributed by atoms with van der Waals surface area (Å²) in [6.07, 6.45) is 1.03. The Balaban J connectivity index is 2.42. The SMILES string of the molecule is CCCNc1cccc(-c2c(C)cc(C)cc2F)n1. The van der Waals surface area contributed by atoms with Crippen molar-refractivity contribution in [3.8, 4) is 11.3 Å². The zero-order valence-corrected chi connectivity index (χ0v) is 11.6. The molecule has 100 valence electrons. The van der Waals surface area contributed by atoms with Crippen molar-refractivity contribution < 1.29 is 4.39 Å². The number of hydrogen-bond acceptors (Lipinski definition) is 2. The summed E-state index contributed by atoms with van der Waals surface area (Å²) >= 11 is 0. The zero-order valence-electron chi connectivity index (χ0n) is 11.6. The van der Waals surface area contributed by atoms with Crippen LogP contribution in [-0.4, -0.2) is 11.5 Å². The van der Waals surface area contributed by atoms with E-state index in [1.807, 2.05) is 38.1 Å². The molecule has 0 unspecified atom stereocenters. The first-order valence-electron chi connectivity index (χ1n) is 6.60. The minimum atomic E-state index is -0.211. The van der Waals surface area contributed by atoms with Gasteiger partial charge in [0.2, 0.25) is 0 Å². The van der Waals surface area contributed by atoms with E-state index < -0.39 is 0 Å². The molecule has 0 saturated carbocycles. The van der Waals surface area contributed by atoms with Gasteiger partial charge in [-0.1, -0.05) is 19.1 Å². The van der Waals surface area contributed by atoms with Crippen molar-refractivity contribution in [2.75, 3.05) is 11.9 Å². The quantitative estimate of drug-likeness (QED) is 0.883. The van der Waals surface area contributed by atoms with Gasteiger partial charge in [0.05, 0.1) is 5.69 Å². The Hall–Kier alpha value is -1.90. The van der Waals surface area contributed by atoms with Crippen LogP contribution in [0.4, 0.5) is 10.2 Å². The summed E-state index contributed by atoms with van der Waals surface area (Å²) in [5.74, 6) is 0.580. The Morgan fingerprint density at radius 2 is 2.00 bits per heavy atom. The molecule has 1 N–H and O–H groups in total. The summed E-state index contributed by atoms with van der Waals surface area (Å²) in [7, 11) is 0. The largest absolute Gasteiger partial charge is 0.370 e. The third-order valence-electron chi connectivity index (χ3n) is 2.99. The monoisotopic (exact) mass is 258 g/mol. The number of aromatic nitrogens is 1. The lowest BCUT2D eigenvalue weighted by Crippen LogP contribution is -2.02. The zero-order chi connectivity index (χ0) is 13.8. The van der Waals surface area contributed by atoms with Crippen LogP contribution in [0.5, 0.6) is 0 Å². The third kappa shape index (κ3) is 3.11. The fraction of sp³-hybridized carbons (Fsp3) is 0.312. The molecule has 3 heteroatoms. The number of aryl methyl sites for hydroxylation is 2. The van der Waals surface area contributed by atoms with Crippen LogP contribution in [0.2, 0.25) is 0 Å². The highest BCUT2D eigenvalue weighted by molar-refractivity contribution is 5.66. The van der Waals surface area contributed by atoms with Gasteiger partial charge in [-0.2, -0.15) is 0 Å². The summed E-state index contributed by atoms with van der Waals surface area (Å²) in [5, 5.41) is 3.22. The Labute approximate surface area is 113 Å². The molecule has 0 aliphatic heterocycles. The first kappa shape index (κ1) is 13.5. The normalized spacial score (nSPS) is 10.5. The number of halogens is 1. The van der Waals surface area contributed by atoms with Gasteiger partial charge < -0.3 is 5.32 Å². The second-order valence-corrected chi connectivity index (χ2v) is 4.77. The van der Waals surface area contributed by atoms with E-state index in [4.69, 9.17) is 0 Å². The van der Waals surface area contributed by atoms with Crippen molar-refractivity contribution in [1.29, 1.82) is 0 Å². The van der Waals surface area contributed by atoms with E-state index in [0.29, 0.717) is 11.3 Å². The predicted molar refractivity (Wildman–Crippen MR) is 77.9 cm³/mol. The smallest absolute Gasteiger partial charge is 0.133 e. The topological polar surface area (TPSA) is 24.9 Å².